The second-order valence-electron chi connectivity index (χ2n) is 6.98. The van der Waals surface area contributed by atoms with E-state index in [4.69, 9.17) is 21.7 Å². The molecular weight excluding hydrogens is 472 g/mol. The first-order chi connectivity index (χ1) is 15.1. The van der Waals surface area contributed by atoms with Crippen molar-refractivity contribution in [3.8, 4) is 34.3 Å². The summed E-state index contributed by atoms with van der Waals surface area (Å²) in [6.45, 7) is 0. The van der Waals surface area contributed by atoms with E-state index >= 15 is 0 Å². The average Bonchev–Trinajstić information content (AvgIpc) is 3.18. The molecule has 0 aliphatic rings. The minimum Gasteiger partial charge on any atom is -0.227 e. The highest BCUT2D eigenvalue weighted by Gasteiger charge is 2.19. The predicted octanol–water partition coefficient (Wildman–Crippen LogP) is 7.04. The summed E-state index contributed by atoms with van der Waals surface area (Å²) in [4.78, 5) is 4.92. The molecule has 4 nitrogen and oxygen atoms in total. The lowest BCUT2D eigenvalue weighted by Gasteiger charge is -2.07. The molecule has 148 valence electrons. The fraction of sp³-hybridized carbons (Fsp3) is 0. The van der Waals surface area contributed by atoms with Crippen LogP contribution in [0.25, 0.3) is 39.2 Å². The van der Waals surface area contributed by atoms with Crippen LogP contribution < -0.4 is 0 Å². The Bertz CT molecular complexity index is 1430. The summed E-state index contributed by atoms with van der Waals surface area (Å²) in [7, 11) is 0. The number of para-hydroxylation sites is 1. The van der Waals surface area contributed by atoms with Crippen molar-refractivity contribution >= 4 is 38.6 Å². The summed E-state index contributed by atoms with van der Waals surface area (Å²) < 4.78 is 2.79. The van der Waals surface area contributed by atoms with Crippen molar-refractivity contribution < 1.29 is 0 Å². The number of aromatic nitrogens is 3. The van der Waals surface area contributed by atoms with E-state index in [0.29, 0.717) is 21.9 Å². The van der Waals surface area contributed by atoms with Crippen LogP contribution in [0.15, 0.2) is 89.4 Å². The van der Waals surface area contributed by atoms with E-state index in [0.717, 1.165) is 32.4 Å². The van der Waals surface area contributed by atoms with Crippen molar-refractivity contribution in [3.05, 3.63) is 100.0 Å². The van der Waals surface area contributed by atoms with Gasteiger partial charge in [-0.05, 0) is 42.5 Å². The van der Waals surface area contributed by atoms with Crippen LogP contribution in [0, 0.1) is 11.3 Å². The largest absolute Gasteiger partial charge is 0.227 e. The van der Waals surface area contributed by atoms with Gasteiger partial charge < -0.3 is 0 Å². The smallest absolute Gasteiger partial charge is 0.164 e. The van der Waals surface area contributed by atoms with Crippen LogP contribution in [0.2, 0.25) is 5.02 Å². The van der Waals surface area contributed by atoms with Crippen LogP contribution in [0.4, 0.5) is 0 Å². The summed E-state index contributed by atoms with van der Waals surface area (Å²) in [6, 6.07) is 29.3. The van der Waals surface area contributed by atoms with Gasteiger partial charge in [-0.2, -0.15) is 10.4 Å². The molecule has 3 aromatic carbocycles. The van der Waals surface area contributed by atoms with Gasteiger partial charge >= 0.3 is 0 Å². The molecule has 0 atom stereocenters. The van der Waals surface area contributed by atoms with E-state index in [2.05, 4.69) is 22.0 Å². The summed E-state index contributed by atoms with van der Waals surface area (Å²) in [5, 5.41) is 16.2. The highest BCUT2D eigenvalue weighted by atomic mass is 79.9. The van der Waals surface area contributed by atoms with Crippen LogP contribution in [0.1, 0.15) is 5.56 Å². The van der Waals surface area contributed by atoms with Gasteiger partial charge in [-0.15, -0.1) is 0 Å². The SMILES string of the molecule is N#Cc1cc2c(-c3ccc(Cl)cc3)nn(-c3ccccc3)c2nc1-c1ccc(Br)cc1. The molecule has 0 spiro atoms. The third-order valence-electron chi connectivity index (χ3n) is 5.01. The molecule has 6 heteroatoms. The minimum atomic E-state index is 0.498. The molecule has 0 fully saturated rings. The van der Waals surface area contributed by atoms with Crippen LogP contribution in [0.5, 0.6) is 0 Å². The van der Waals surface area contributed by atoms with Crippen molar-refractivity contribution in [2.75, 3.05) is 0 Å². The zero-order chi connectivity index (χ0) is 21.4. The molecule has 0 amide bonds. The number of benzene rings is 3. The van der Waals surface area contributed by atoms with Gasteiger partial charge in [-0.25, -0.2) is 9.67 Å². The first kappa shape index (κ1) is 19.5. The van der Waals surface area contributed by atoms with E-state index in [-0.39, 0.29) is 0 Å². The molecule has 31 heavy (non-hydrogen) atoms. The minimum absolute atomic E-state index is 0.498. The Morgan fingerprint density at radius 2 is 1.48 bits per heavy atom. The molecule has 0 aliphatic carbocycles. The van der Waals surface area contributed by atoms with Gasteiger partial charge in [0.15, 0.2) is 5.65 Å². The van der Waals surface area contributed by atoms with Crippen molar-refractivity contribution in [1.29, 1.82) is 5.26 Å². The number of nitrogens with zero attached hydrogens (tertiary/aromatic N) is 4. The zero-order valence-electron chi connectivity index (χ0n) is 16.1. The monoisotopic (exact) mass is 484 g/mol. The van der Waals surface area contributed by atoms with Gasteiger partial charge in [0.25, 0.3) is 0 Å². The average molecular weight is 486 g/mol. The van der Waals surface area contributed by atoms with E-state index in [1.165, 1.54) is 0 Å². The molecule has 5 aromatic rings. The molecule has 0 saturated heterocycles. The zero-order valence-corrected chi connectivity index (χ0v) is 18.5. The number of fused-ring (bicyclic) bond motifs is 1. The second kappa shape index (κ2) is 7.99. The Morgan fingerprint density at radius 3 is 2.16 bits per heavy atom. The summed E-state index contributed by atoms with van der Waals surface area (Å²) in [6.07, 6.45) is 0. The molecule has 2 heterocycles. The molecule has 0 radical (unpaired) electrons. The van der Waals surface area contributed by atoms with Gasteiger partial charge in [0, 0.05) is 26.0 Å². The second-order valence-corrected chi connectivity index (χ2v) is 8.33. The van der Waals surface area contributed by atoms with Crippen molar-refractivity contribution in [1.82, 2.24) is 14.8 Å². The fourth-order valence-electron chi connectivity index (χ4n) is 3.52. The maximum absolute atomic E-state index is 9.87. The van der Waals surface area contributed by atoms with E-state index in [9.17, 15) is 5.26 Å². The van der Waals surface area contributed by atoms with Crippen molar-refractivity contribution in [3.63, 3.8) is 0 Å². The van der Waals surface area contributed by atoms with Gasteiger partial charge in [0.2, 0.25) is 0 Å². The number of nitriles is 1. The highest BCUT2D eigenvalue weighted by Crippen LogP contribution is 2.33. The number of hydrogen-bond acceptors (Lipinski definition) is 3. The standard InChI is InChI=1S/C25H14BrClN4/c26-19-10-6-16(7-11-19)23-18(15-28)14-22-24(17-8-12-20(27)13-9-17)30-31(25(22)29-23)21-4-2-1-3-5-21/h1-14H. The Labute approximate surface area is 192 Å². The maximum Gasteiger partial charge on any atom is 0.164 e. The fourth-order valence-corrected chi connectivity index (χ4v) is 3.91. The number of rotatable bonds is 3. The predicted molar refractivity (Wildman–Crippen MR) is 127 cm³/mol. The lowest BCUT2D eigenvalue weighted by Crippen LogP contribution is -1.99. The molecule has 0 aliphatic heterocycles. The van der Waals surface area contributed by atoms with E-state index < -0.39 is 0 Å². The maximum atomic E-state index is 9.87. The summed E-state index contributed by atoms with van der Waals surface area (Å²) in [5.74, 6) is 0. The molecule has 2 aromatic heterocycles. The third kappa shape index (κ3) is 3.61. The molecule has 0 unspecified atom stereocenters. The first-order valence-corrected chi connectivity index (χ1v) is 10.7. The molecule has 0 N–H and O–H groups in total. The quantitative estimate of drug-likeness (QED) is 0.275. The molecule has 0 saturated carbocycles. The highest BCUT2D eigenvalue weighted by molar-refractivity contribution is 9.10. The Kier molecular flexibility index (Phi) is 5.03. The van der Waals surface area contributed by atoms with Gasteiger partial charge in [-0.3, -0.25) is 0 Å². The topological polar surface area (TPSA) is 54.5 Å². The van der Waals surface area contributed by atoms with Crippen LogP contribution >= 0.6 is 27.5 Å². The Balaban J connectivity index is 1.83. The normalized spacial score (nSPS) is 10.9. The number of hydrogen-bond donors (Lipinski definition) is 0. The lowest BCUT2D eigenvalue weighted by molar-refractivity contribution is 0.901. The van der Waals surface area contributed by atoms with E-state index in [1.807, 2.05) is 89.6 Å². The number of halogens is 2. The van der Waals surface area contributed by atoms with Crippen LogP contribution in [-0.2, 0) is 0 Å². The van der Waals surface area contributed by atoms with Gasteiger partial charge in [0.1, 0.15) is 11.8 Å². The summed E-state index contributed by atoms with van der Waals surface area (Å²) >= 11 is 9.54. The Hall–Kier alpha value is -3.46. The molecule has 5 rings (SSSR count). The van der Waals surface area contributed by atoms with Crippen LogP contribution in [0.3, 0.4) is 0 Å². The molecule has 0 bridgehead atoms. The first-order valence-electron chi connectivity index (χ1n) is 9.55. The van der Waals surface area contributed by atoms with Gasteiger partial charge in [-0.1, -0.05) is 70.0 Å². The summed E-state index contributed by atoms with van der Waals surface area (Å²) in [5.41, 5.74) is 5.24. The number of pyridine rings is 1. The van der Waals surface area contributed by atoms with Crippen molar-refractivity contribution in [2.45, 2.75) is 0 Å². The van der Waals surface area contributed by atoms with Gasteiger partial charge in [0.05, 0.1) is 16.9 Å². The third-order valence-corrected chi connectivity index (χ3v) is 5.80. The molecular formula is C25H14BrClN4. The van der Waals surface area contributed by atoms with Crippen LogP contribution in [-0.4, -0.2) is 14.8 Å². The van der Waals surface area contributed by atoms with E-state index in [1.54, 1.807) is 0 Å². The Morgan fingerprint density at radius 1 is 0.839 bits per heavy atom. The lowest BCUT2D eigenvalue weighted by atomic mass is 10.0. The van der Waals surface area contributed by atoms with Crippen molar-refractivity contribution in [2.24, 2.45) is 0 Å².